The van der Waals surface area contributed by atoms with Crippen molar-refractivity contribution in [3.8, 4) is 5.69 Å². The lowest BCUT2D eigenvalue weighted by molar-refractivity contribution is 1.05. The zero-order valence-electron chi connectivity index (χ0n) is 8.01. The number of aromatic nitrogens is 3. The predicted molar refractivity (Wildman–Crippen MR) is 55.1 cm³/mol. The number of hydrogen-bond donors (Lipinski definition) is 1. The SMILES string of the molecule is CCc1ccc(-n2cnnc2)c(N)c1. The molecule has 0 atom stereocenters. The van der Waals surface area contributed by atoms with Crippen molar-refractivity contribution in [1.82, 2.24) is 14.8 Å². The van der Waals surface area contributed by atoms with E-state index in [2.05, 4.69) is 23.2 Å². The van der Waals surface area contributed by atoms with Gasteiger partial charge in [0.15, 0.2) is 0 Å². The summed E-state index contributed by atoms with van der Waals surface area (Å²) < 4.78 is 1.80. The van der Waals surface area contributed by atoms with Crippen LogP contribution in [0.5, 0.6) is 0 Å². The van der Waals surface area contributed by atoms with Crippen LogP contribution in [-0.2, 0) is 6.42 Å². The van der Waals surface area contributed by atoms with Crippen molar-refractivity contribution in [1.29, 1.82) is 0 Å². The molecule has 0 fully saturated rings. The molecule has 0 spiro atoms. The summed E-state index contributed by atoms with van der Waals surface area (Å²) in [6.45, 7) is 2.10. The first kappa shape index (κ1) is 8.74. The van der Waals surface area contributed by atoms with Crippen LogP contribution in [0.15, 0.2) is 30.9 Å². The van der Waals surface area contributed by atoms with Crippen LogP contribution >= 0.6 is 0 Å². The Morgan fingerprint density at radius 2 is 2.00 bits per heavy atom. The number of aryl methyl sites for hydroxylation is 1. The molecule has 0 radical (unpaired) electrons. The van der Waals surface area contributed by atoms with E-state index < -0.39 is 0 Å². The minimum absolute atomic E-state index is 0.754. The van der Waals surface area contributed by atoms with Crippen molar-refractivity contribution >= 4 is 5.69 Å². The van der Waals surface area contributed by atoms with Crippen molar-refractivity contribution in [2.75, 3.05) is 5.73 Å². The molecule has 0 aliphatic rings. The van der Waals surface area contributed by atoms with Gasteiger partial charge >= 0.3 is 0 Å². The molecule has 0 aliphatic heterocycles. The summed E-state index contributed by atoms with van der Waals surface area (Å²) in [5, 5.41) is 7.48. The molecule has 0 saturated carbocycles. The van der Waals surface area contributed by atoms with Crippen molar-refractivity contribution < 1.29 is 0 Å². The van der Waals surface area contributed by atoms with E-state index in [-0.39, 0.29) is 0 Å². The highest BCUT2D eigenvalue weighted by Crippen LogP contribution is 2.18. The topological polar surface area (TPSA) is 56.7 Å². The third-order valence-corrected chi connectivity index (χ3v) is 2.20. The summed E-state index contributed by atoms with van der Waals surface area (Å²) in [7, 11) is 0. The standard InChI is InChI=1S/C10H12N4/c1-2-8-3-4-10(9(11)5-8)14-6-12-13-7-14/h3-7H,2,11H2,1H3. The molecule has 0 aliphatic carbocycles. The number of nitrogens with zero attached hydrogens (tertiary/aromatic N) is 3. The minimum atomic E-state index is 0.754. The van der Waals surface area contributed by atoms with Gasteiger partial charge in [-0.1, -0.05) is 13.0 Å². The van der Waals surface area contributed by atoms with Crippen molar-refractivity contribution in [3.05, 3.63) is 36.4 Å². The van der Waals surface area contributed by atoms with E-state index in [0.29, 0.717) is 0 Å². The average molecular weight is 188 g/mol. The van der Waals surface area contributed by atoms with Gasteiger partial charge in [-0.3, -0.25) is 4.57 Å². The van der Waals surface area contributed by atoms with E-state index in [0.717, 1.165) is 17.8 Å². The number of anilines is 1. The fraction of sp³-hybridized carbons (Fsp3) is 0.200. The molecule has 0 amide bonds. The van der Waals surface area contributed by atoms with Gasteiger partial charge in [0, 0.05) is 0 Å². The number of benzene rings is 1. The Labute approximate surface area is 82.4 Å². The van der Waals surface area contributed by atoms with Crippen LogP contribution < -0.4 is 5.73 Å². The lowest BCUT2D eigenvalue weighted by atomic mass is 10.1. The van der Waals surface area contributed by atoms with Crippen LogP contribution in [0, 0.1) is 0 Å². The fourth-order valence-corrected chi connectivity index (χ4v) is 1.38. The second-order valence-electron chi connectivity index (χ2n) is 3.12. The largest absolute Gasteiger partial charge is 0.397 e. The van der Waals surface area contributed by atoms with Crippen LogP contribution in [-0.4, -0.2) is 14.8 Å². The quantitative estimate of drug-likeness (QED) is 0.725. The number of nitrogen functional groups attached to an aromatic ring is 1. The molecule has 72 valence electrons. The van der Waals surface area contributed by atoms with Crippen LogP contribution in [0.1, 0.15) is 12.5 Å². The molecule has 2 rings (SSSR count). The van der Waals surface area contributed by atoms with Crippen LogP contribution in [0.3, 0.4) is 0 Å². The second kappa shape index (κ2) is 3.49. The summed E-state index contributed by atoms with van der Waals surface area (Å²) in [4.78, 5) is 0. The first-order valence-electron chi connectivity index (χ1n) is 4.54. The first-order valence-corrected chi connectivity index (χ1v) is 4.54. The Hall–Kier alpha value is -1.84. The second-order valence-corrected chi connectivity index (χ2v) is 3.12. The van der Waals surface area contributed by atoms with Gasteiger partial charge in [-0.2, -0.15) is 0 Å². The molecule has 1 aromatic heterocycles. The molecule has 4 nitrogen and oxygen atoms in total. The molecule has 2 aromatic rings. The van der Waals surface area contributed by atoms with Crippen LogP contribution in [0.25, 0.3) is 5.69 Å². The van der Waals surface area contributed by atoms with Gasteiger partial charge in [0.1, 0.15) is 12.7 Å². The Morgan fingerprint density at radius 3 is 2.57 bits per heavy atom. The summed E-state index contributed by atoms with van der Waals surface area (Å²) in [5.41, 5.74) is 8.82. The third kappa shape index (κ3) is 1.46. The van der Waals surface area contributed by atoms with Crippen LogP contribution in [0.2, 0.25) is 0 Å². The number of hydrogen-bond acceptors (Lipinski definition) is 3. The summed E-state index contributed by atoms with van der Waals surface area (Å²) in [6.07, 6.45) is 4.27. The van der Waals surface area contributed by atoms with Crippen molar-refractivity contribution in [2.24, 2.45) is 0 Å². The van der Waals surface area contributed by atoms with E-state index in [9.17, 15) is 0 Å². The molecular formula is C10H12N4. The molecule has 0 bridgehead atoms. The molecular weight excluding hydrogens is 176 g/mol. The average Bonchev–Trinajstić information content (AvgIpc) is 2.70. The van der Waals surface area contributed by atoms with Gasteiger partial charge in [-0.05, 0) is 24.1 Å². The molecule has 0 saturated heterocycles. The molecule has 14 heavy (non-hydrogen) atoms. The van der Waals surface area contributed by atoms with E-state index in [1.54, 1.807) is 17.2 Å². The highest BCUT2D eigenvalue weighted by atomic mass is 15.2. The van der Waals surface area contributed by atoms with Gasteiger partial charge in [0.05, 0.1) is 11.4 Å². The normalized spacial score (nSPS) is 10.4. The predicted octanol–water partition coefficient (Wildman–Crippen LogP) is 1.41. The Bertz CT molecular complexity index is 420. The van der Waals surface area contributed by atoms with Crippen molar-refractivity contribution in [3.63, 3.8) is 0 Å². The van der Waals surface area contributed by atoms with Gasteiger partial charge in [-0.25, -0.2) is 0 Å². The summed E-state index contributed by atoms with van der Waals surface area (Å²) >= 11 is 0. The van der Waals surface area contributed by atoms with Gasteiger partial charge < -0.3 is 5.73 Å². The zero-order valence-corrected chi connectivity index (χ0v) is 8.01. The molecule has 2 N–H and O–H groups in total. The smallest absolute Gasteiger partial charge is 0.123 e. The Kier molecular flexibility index (Phi) is 2.18. The lowest BCUT2D eigenvalue weighted by Gasteiger charge is -2.06. The maximum Gasteiger partial charge on any atom is 0.123 e. The summed E-state index contributed by atoms with van der Waals surface area (Å²) in [5.74, 6) is 0. The molecule has 0 unspecified atom stereocenters. The first-order chi connectivity index (χ1) is 6.81. The van der Waals surface area contributed by atoms with E-state index in [4.69, 9.17) is 5.73 Å². The van der Waals surface area contributed by atoms with Crippen LogP contribution in [0.4, 0.5) is 5.69 Å². The fourth-order valence-electron chi connectivity index (χ4n) is 1.38. The third-order valence-electron chi connectivity index (χ3n) is 2.20. The monoisotopic (exact) mass is 188 g/mol. The van der Waals surface area contributed by atoms with E-state index in [1.807, 2.05) is 12.1 Å². The Balaban J connectivity index is 2.46. The lowest BCUT2D eigenvalue weighted by Crippen LogP contribution is -1.98. The highest BCUT2D eigenvalue weighted by molar-refractivity contribution is 5.59. The Morgan fingerprint density at radius 1 is 1.29 bits per heavy atom. The minimum Gasteiger partial charge on any atom is -0.397 e. The van der Waals surface area contributed by atoms with Gasteiger partial charge in [0.25, 0.3) is 0 Å². The van der Waals surface area contributed by atoms with Gasteiger partial charge in [-0.15, -0.1) is 10.2 Å². The summed E-state index contributed by atoms with van der Waals surface area (Å²) in [6, 6.07) is 6.03. The van der Waals surface area contributed by atoms with E-state index in [1.165, 1.54) is 5.56 Å². The maximum atomic E-state index is 5.91. The molecule has 1 heterocycles. The number of nitrogens with two attached hydrogens (primary N) is 1. The van der Waals surface area contributed by atoms with Crippen molar-refractivity contribution in [2.45, 2.75) is 13.3 Å². The molecule has 1 aromatic carbocycles. The highest BCUT2D eigenvalue weighted by Gasteiger charge is 2.01. The number of rotatable bonds is 2. The molecule has 4 heteroatoms. The van der Waals surface area contributed by atoms with E-state index >= 15 is 0 Å². The van der Waals surface area contributed by atoms with Gasteiger partial charge in [0.2, 0.25) is 0 Å². The maximum absolute atomic E-state index is 5.91. The zero-order chi connectivity index (χ0) is 9.97.